The van der Waals surface area contributed by atoms with Crippen molar-refractivity contribution in [1.82, 2.24) is 10.2 Å². The van der Waals surface area contributed by atoms with Crippen LogP contribution >= 0.6 is 34.8 Å². The molecule has 1 atom stereocenters. The Kier molecular flexibility index (Phi) is 11.2. The highest BCUT2D eigenvalue weighted by Gasteiger charge is 2.35. The first-order chi connectivity index (χ1) is 20.1. The molecule has 1 fully saturated rings. The molecule has 0 saturated heterocycles. The van der Waals surface area contributed by atoms with Crippen LogP contribution < -0.4 is 9.62 Å². The summed E-state index contributed by atoms with van der Waals surface area (Å²) in [4.78, 5) is 29.2. The number of benzene rings is 3. The van der Waals surface area contributed by atoms with E-state index in [4.69, 9.17) is 34.8 Å². The van der Waals surface area contributed by atoms with Crippen LogP contribution in [-0.2, 0) is 26.2 Å². The van der Waals surface area contributed by atoms with E-state index in [2.05, 4.69) is 5.32 Å². The third-order valence-corrected chi connectivity index (χ3v) is 10.1. The second-order valence-corrected chi connectivity index (χ2v) is 13.4. The lowest BCUT2D eigenvalue weighted by Gasteiger charge is -2.34. The zero-order valence-electron chi connectivity index (χ0n) is 23.3. The van der Waals surface area contributed by atoms with Gasteiger partial charge in [0.25, 0.3) is 10.0 Å². The van der Waals surface area contributed by atoms with Crippen molar-refractivity contribution in [2.45, 2.75) is 69.0 Å². The highest BCUT2D eigenvalue weighted by molar-refractivity contribution is 7.92. The molecule has 224 valence electrons. The van der Waals surface area contributed by atoms with Crippen molar-refractivity contribution in [2.75, 3.05) is 10.8 Å². The van der Waals surface area contributed by atoms with Gasteiger partial charge in [-0.05, 0) is 61.2 Å². The minimum Gasteiger partial charge on any atom is -0.352 e. The number of hydrogen-bond acceptors (Lipinski definition) is 4. The average Bonchev–Trinajstić information content (AvgIpc) is 2.98. The molecular formula is C31H34Cl3N3O4S. The van der Waals surface area contributed by atoms with Crippen LogP contribution in [0.3, 0.4) is 0 Å². The predicted molar refractivity (Wildman–Crippen MR) is 169 cm³/mol. The molecule has 1 aliphatic carbocycles. The molecule has 0 heterocycles. The molecule has 42 heavy (non-hydrogen) atoms. The molecule has 1 N–H and O–H groups in total. The van der Waals surface area contributed by atoms with Gasteiger partial charge in [0.1, 0.15) is 12.6 Å². The van der Waals surface area contributed by atoms with Gasteiger partial charge in [-0.25, -0.2) is 8.42 Å². The Balaban J connectivity index is 1.73. The lowest BCUT2D eigenvalue weighted by molar-refractivity contribution is -0.140. The van der Waals surface area contributed by atoms with E-state index in [-0.39, 0.29) is 34.1 Å². The smallest absolute Gasteiger partial charge is 0.264 e. The molecule has 3 aromatic carbocycles. The normalized spacial score (nSPS) is 14.7. The molecule has 2 amide bonds. The van der Waals surface area contributed by atoms with E-state index in [1.54, 1.807) is 42.5 Å². The van der Waals surface area contributed by atoms with Crippen molar-refractivity contribution < 1.29 is 18.0 Å². The third kappa shape index (κ3) is 7.78. The minimum absolute atomic E-state index is 0.0106. The number of rotatable bonds is 11. The molecule has 0 radical (unpaired) electrons. The summed E-state index contributed by atoms with van der Waals surface area (Å²) in [6.45, 7) is 1.24. The van der Waals surface area contributed by atoms with E-state index in [1.807, 2.05) is 6.92 Å². The molecule has 1 aliphatic rings. The van der Waals surface area contributed by atoms with E-state index < -0.39 is 28.5 Å². The Morgan fingerprint density at radius 1 is 0.905 bits per heavy atom. The van der Waals surface area contributed by atoms with Crippen LogP contribution in [0, 0.1) is 0 Å². The van der Waals surface area contributed by atoms with Crippen molar-refractivity contribution in [3.63, 3.8) is 0 Å². The Morgan fingerprint density at radius 3 is 2.21 bits per heavy atom. The van der Waals surface area contributed by atoms with Crippen LogP contribution in [-0.4, -0.2) is 43.8 Å². The summed E-state index contributed by atoms with van der Waals surface area (Å²) in [7, 11) is -4.24. The molecule has 0 spiro atoms. The third-order valence-electron chi connectivity index (χ3n) is 7.42. The van der Waals surface area contributed by atoms with Gasteiger partial charge in [0, 0.05) is 22.6 Å². The summed E-state index contributed by atoms with van der Waals surface area (Å²) in [5, 5.41) is 3.95. The Morgan fingerprint density at radius 2 is 1.57 bits per heavy atom. The van der Waals surface area contributed by atoms with Gasteiger partial charge in [-0.15, -0.1) is 0 Å². The quantitative estimate of drug-likeness (QED) is 0.240. The molecule has 4 rings (SSSR count). The van der Waals surface area contributed by atoms with Crippen LogP contribution in [0.25, 0.3) is 0 Å². The zero-order chi connectivity index (χ0) is 30.3. The van der Waals surface area contributed by atoms with Gasteiger partial charge in [-0.2, -0.15) is 0 Å². The second-order valence-electron chi connectivity index (χ2n) is 10.3. The zero-order valence-corrected chi connectivity index (χ0v) is 26.4. The average molecular weight is 651 g/mol. The highest BCUT2D eigenvalue weighted by atomic mass is 35.5. The monoisotopic (exact) mass is 649 g/mol. The number of halogens is 3. The van der Waals surface area contributed by atoms with Crippen molar-refractivity contribution in [3.05, 3.63) is 93.4 Å². The number of hydrogen-bond donors (Lipinski definition) is 1. The topological polar surface area (TPSA) is 86.8 Å². The van der Waals surface area contributed by atoms with Crippen LogP contribution in [0.4, 0.5) is 5.69 Å². The van der Waals surface area contributed by atoms with Gasteiger partial charge < -0.3 is 10.2 Å². The molecule has 11 heteroatoms. The van der Waals surface area contributed by atoms with Gasteiger partial charge in [0.2, 0.25) is 11.8 Å². The van der Waals surface area contributed by atoms with E-state index >= 15 is 0 Å². The number of carbonyl (C=O) groups excluding carboxylic acids is 2. The Hall–Kier alpha value is -2.78. The molecule has 0 bridgehead atoms. The van der Waals surface area contributed by atoms with Gasteiger partial charge in [0.15, 0.2) is 0 Å². The van der Waals surface area contributed by atoms with Gasteiger partial charge in [-0.1, -0.05) is 97.4 Å². The fourth-order valence-corrected chi connectivity index (χ4v) is 7.40. The van der Waals surface area contributed by atoms with Crippen molar-refractivity contribution in [2.24, 2.45) is 0 Å². The first kappa shape index (κ1) is 32.1. The maximum absolute atomic E-state index is 14.2. The largest absolute Gasteiger partial charge is 0.352 e. The number of nitrogens with one attached hydrogen (secondary N) is 1. The van der Waals surface area contributed by atoms with Gasteiger partial charge in [-0.3, -0.25) is 13.9 Å². The molecule has 1 unspecified atom stereocenters. The number of anilines is 1. The fraction of sp³-hybridized carbons (Fsp3) is 0.355. The van der Waals surface area contributed by atoms with E-state index in [9.17, 15) is 18.0 Å². The number of carbonyl (C=O) groups is 2. The molecule has 3 aromatic rings. The molecule has 0 aromatic heterocycles. The van der Waals surface area contributed by atoms with Gasteiger partial charge >= 0.3 is 0 Å². The second kappa shape index (κ2) is 14.6. The summed E-state index contributed by atoms with van der Waals surface area (Å²) >= 11 is 19.1. The predicted octanol–water partition coefficient (Wildman–Crippen LogP) is 7.10. The van der Waals surface area contributed by atoms with Crippen molar-refractivity contribution in [3.8, 4) is 0 Å². The number of amides is 2. The summed E-state index contributed by atoms with van der Waals surface area (Å²) in [6, 6.07) is 18.5. The van der Waals surface area contributed by atoms with E-state index in [0.29, 0.717) is 22.0 Å². The SMILES string of the molecule is CCC(C(=O)NC1CCCCC1)N(Cc1ccccc1Cl)C(=O)CN(c1ccc(Cl)cc1Cl)S(=O)(=O)c1ccccc1. The minimum atomic E-state index is -4.24. The standard InChI is InChI=1S/C31H34Cl3N3O4S/c1-2-28(31(39)35-24-12-5-3-6-13-24)36(20-22-11-9-10-16-26(22)33)30(38)21-37(29-18-17-23(32)19-27(29)34)42(40,41)25-14-7-4-8-15-25/h4,7-11,14-19,24,28H,2-3,5-6,12-13,20-21H2,1H3,(H,35,39). The van der Waals surface area contributed by atoms with E-state index in [1.165, 1.54) is 35.2 Å². The maximum Gasteiger partial charge on any atom is 0.264 e. The van der Waals surface area contributed by atoms with Crippen molar-refractivity contribution >= 4 is 62.3 Å². The molecule has 0 aliphatic heterocycles. The lowest BCUT2D eigenvalue weighted by atomic mass is 9.95. The Bertz CT molecular complexity index is 1500. The summed E-state index contributed by atoms with van der Waals surface area (Å²) in [5.74, 6) is -0.849. The van der Waals surface area contributed by atoms with Gasteiger partial charge in [0.05, 0.1) is 15.6 Å². The lowest BCUT2D eigenvalue weighted by Crippen LogP contribution is -2.54. The van der Waals surface area contributed by atoms with Crippen LogP contribution in [0.15, 0.2) is 77.7 Å². The summed E-state index contributed by atoms with van der Waals surface area (Å²) in [5.41, 5.74) is 0.731. The fourth-order valence-electron chi connectivity index (χ4n) is 5.19. The summed E-state index contributed by atoms with van der Waals surface area (Å²) < 4.78 is 28.8. The highest BCUT2D eigenvalue weighted by Crippen LogP contribution is 2.33. The molecular weight excluding hydrogens is 617 g/mol. The van der Waals surface area contributed by atoms with Crippen LogP contribution in [0.2, 0.25) is 15.1 Å². The Labute approximate surface area is 262 Å². The number of sulfonamides is 1. The summed E-state index contributed by atoms with van der Waals surface area (Å²) in [6.07, 6.45) is 5.31. The molecule has 7 nitrogen and oxygen atoms in total. The first-order valence-corrected chi connectivity index (χ1v) is 16.5. The maximum atomic E-state index is 14.2. The van der Waals surface area contributed by atoms with Crippen molar-refractivity contribution in [1.29, 1.82) is 0 Å². The van der Waals surface area contributed by atoms with Crippen LogP contribution in [0.1, 0.15) is 51.0 Å². The van der Waals surface area contributed by atoms with Crippen LogP contribution in [0.5, 0.6) is 0 Å². The first-order valence-electron chi connectivity index (χ1n) is 14.0. The molecule has 1 saturated carbocycles. The van der Waals surface area contributed by atoms with E-state index in [0.717, 1.165) is 36.4 Å². The number of nitrogens with zero attached hydrogens (tertiary/aromatic N) is 2.